The number of nitriles is 1. The van der Waals surface area contributed by atoms with E-state index in [0.29, 0.717) is 24.0 Å². The number of nitrogens with zero attached hydrogens (tertiary/aromatic N) is 6. The standard InChI is InChI=1S/C31H42N8O3/c1-5-41-26-16-27(29-25(17-32)19-35-39(29)20-26)24-6-7-28(34-18-24)38-13-9-31(10-14-38,36-30(40)42-22(2)3)21-37-12-8-23(4)33-11-15-37/h6-7,16,18-20,22-23,33H,5,8-15,21H2,1-4H3,(H,36,40)/t23-/m0/s1. The predicted octanol–water partition coefficient (Wildman–Crippen LogP) is 3.82. The zero-order chi connectivity index (χ0) is 29.7. The van der Waals surface area contributed by atoms with E-state index in [2.05, 4.69) is 38.5 Å². The topological polar surface area (TPSA) is 120 Å². The zero-order valence-electron chi connectivity index (χ0n) is 25.1. The molecular weight excluding hydrogens is 532 g/mol. The summed E-state index contributed by atoms with van der Waals surface area (Å²) in [7, 11) is 0. The number of alkyl carbamates (subject to hydrolysis) is 1. The molecular formula is C31H42N8O3. The van der Waals surface area contributed by atoms with Crippen LogP contribution < -0.4 is 20.3 Å². The first kappa shape index (κ1) is 29.6. The largest absolute Gasteiger partial charge is 0.492 e. The van der Waals surface area contributed by atoms with E-state index in [1.54, 1.807) is 16.9 Å². The van der Waals surface area contributed by atoms with E-state index >= 15 is 0 Å². The minimum absolute atomic E-state index is 0.171. The molecule has 0 saturated carbocycles. The summed E-state index contributed by atoms with van der Waals surface area (Å²) in [6.45, 7) is 13.7. The fourth-order valence-electron chi connectivity index (χ4n) is 5.97. The fourth-order valence-corrected chi connectivity index (χ4v) is 5.97. The first-order chi connectivity index (χ1) is 20.3. The summed E-state index contributed by atoms with van der Waals surface area (Å²) < 4.78 is 12.9. The number of hydrogen-bond donors (Lipinski definition) is 2. The van der Waals surface area contributed by atoms with Crippen molar-refractivity contribution in [1.29, 1.82) is 5.26 Å². The van der Waals surface area contributed by atoms with Gasteiger partial charge >= 0.3 is 6.09 Å². The second-order valence-electron chi connectivity index (χ2n) is 11.7. The van der Waals surface area contributed by atoms with Crippen molar-refractivity contribution in [1.82, 2.24) is 30.1 Å². The van der Waals surface area contributed by atoms with Crippen molar-refractivity contribution >= 4 is 17.4 Å². The highest BCUT2D eigenvalue weighted by atomic mass is 16.6. The third kappa shape index (κ3) is 6.77. The second-order valence-corrected chi connectivity index (χ2v) is 11.7. The van der Waals surface area contributed by atoms with Gasteiger partial charge in [0.25, 0.3) is 0 Å². The number of carbonyl (C=O) groups is 1. The Morgan fingerprint density at radius 3 is 2.74 bits per heavy atom. The number of ether oxygens (including phenoxy) is 2. The van der Waals surface area contributed by atoms with E-state index in [9.17, 15) is 10.1 Å². The molecule has 2 fully saturated rings. The van der Waals surface area contributed by atoms with Crippen LogP contribution in [0.2, 0.25) is 0 Å². The van der Waals surface area contributed by atoms with Gasteiger partial charge in [0.2, 0.25) is 0 Å². The molecule has 0 bridgehead atoms. The Kier molecular flexibility index (Phi) is 9.14. The number of carbonyl (C=O) groups excluding carboxylic acids is 1. The average Bonchev–Trinajstić information content (AvgIpc) is 3.28. The van der Waals surface area contributed by atoms with Crippen LogP contribution in [0.4, 0.5) is 10.6 Å². The van der Waals surface area contributed by atoms with E-state index < -0.39 is 0 Å². The van der Waals surface area contributed by atoms with Gasteiger partial charge in [-0.1, -0.05) is 0 Å². The highest BCUT2D eigenvalue weighted by Crippen LogP contribution is 2.32. The summed E-state index contributed by atoms with van der Waals surface area (Å²) in [4.78, 5) is 22.3. The number of aromatic nitrogens is 3. The maximum atomic E-state index is 12.8. The molecule has 2 saturated heterocycles. The first-order valence-electron chi connectivity index (χ1n) is 15.0. The van der Waals surface area contributed by atoms with Gasteiger partial charge in [-0.2, -0.15) is 10.4 Å². The molecule has 2 aliphatic rings. The van der Waals surface area contributed by atoms with Crippen LogP contribution in [0.1, 0.15) is 52.5 Å². The van der Waals surface area contributed by atoms with Crippen molar-refractivity contribution in [2.45, 2.75) is 64.6 Å². The Hall–Kier alpha value is -3.88. The first-order valence-corrected chi connectivity index (χ1v) is 15.0. The SMILES string of the molecule is CCOc1cc(-c2ccc(N3CCC(CN4CCN[C@@H](C)CC4)(NC(=O)OC(C)C)CC3)nc2)c2c(C#N)cnn2c1. The second kappa shape index (κ2) is 13.0. The van der Waals surface area contributed by atoms with Gasteiger partial charge in [0.05, 0.1) is 41.7 Å². The van der Waals surface area contributed by atoms with Gasteiger partial charge in [0.1, 0.15) is 17.6 Å². The van der Waals surface area contributed by atoms with E-state index in [1.807, 2.05) is 45.2 Å². The molecule has 0 aromatic carbocycles. The van der Waals surface area contributed by atoms with Gasteiger partial charge in [-0.3, -0.25) is 4.90 Å². The van der Waals surface area contributed by atoms with E-state index in [1.165, 1.54) is 0 Å². The highest BCUT2D eigenvalue weighted by molar-refractivity contribution is 5.85. The van der Waals surface area contributed by atoms with Crippen molar-refractivity contribution < 1.29 is 14.3 Å². The molecule has 2 aliphatic heterocycles. The smallest absolute Gasteiger partial charge is 0.407 e. The highest BCUT2D eigenvalue weighted by Gasteiger charge is 2.39. The van der Waals surface area contributed by atoms with Crippen molar-refractivity contribution in [3.63, 3.8) is 0 Å². The molecule has 3 aromatic heterocycles. The summed E-state index contributed by atoms with van der Waals surface area (Å²) in [5.74, 6) is 1.57. The number of pyridine rings is 2. The number of nitrogens with one attached hydrogen (secondary N) is 2. The van der Waals surface area contributed by atoms with E-state index in [-0.39, 0.29) is 17.7 Å². The number of piperidine rings is 1. The van der Waals surface area contributed by atoms with Gasteiger partial charge < -0.3 is 25.0 Å². The van der Waals surface area contributed by atoms with Gasteiger partial charge in [0, 0.05) is 56.1 Å². The van der Waals surface area contributed by atoms with Gasteiger partial charge in [0.15, 0.2) is 0 Å². The van der Waals surface area contributed by atoms with Gasteiger partial charge in [-0.15, -0.1) is 0 Å². The summed E-state index contributed by atoms with van der Waals surface area (Å²) in [6, 6.07) is 8.74. The molecule has 42 heavy (non-hydrogen) atoms. The Morgan fingerprint density at radius 2 is 2.05 bits per heavy atom. The van der Waals surface area contributed by atoms with Crippen LogP contribution in [-0.2, 0) is 4.74 Å². The Labute approximate surface area is 247 Å². The van der Waals surface area contributed by atoms with Crippen LogP contribution in [0.5, 0.6) is 5.75 Å². The van der Waals surface area contributed by atoms with Crippen LogP contribution in [0.3, 0.4) is 0 Å². The maximum absolute atomic E-state index is 12.8. The monoisotopic (exact) mass is 574 g/mol. The summed E-state index contributed by atoms with van der Waals surface area (Å²) in [5.41, 5.74) is 2.60. The Bertz CT molecular complexity index is 1410. The van der Waals surface area contributed by atoms with Gasteiger partial charge in [-0.25, -0.2) is 14.3 Å². The third-order valence-corrected chi connectivity index (χ3v) is 8.16. The fraction of sp³-hybridized carbons (Fsp3) is 0.548. The lowest BCUT2D eigenvalue weighted by molar-refractivity contribution is 0.0892. The third-order valence-electron chi connectivity index (χ3n) is 8.16. The maximum Gasteiger partial charge on any atom is 0.407 e. The summed E-state index contributed by atoms with van der Waals surface area (Å²) in [5, 5.41) is 20.8. The molecule has 0 radical (unpaired) electrons. The number of rotatable bonds is 8. The van der Waals surface area contributed by atoms with Crippen molar-refractivity contribution in [2.75, 3.05) is 50.8 Å². The van der Waals surface area contributed by atoms with Crippen molar-refractivity contribution in [3.8, 4) is 22.9 Å². The predicted molar refractivity (Wildman–Crippen MR) is 162 cm³/mol. The average molecular weight is 575 g/mol. The normalized spacial score (nSPS) is 19.3. The Morgan fingerprint density at radius 1 is 1.24 bits per heavy atom. The van der Waals surface area contributed by atoms with Crippen molar-refractivity contribution in [3.05, 3.63) is 42.4 Å². The molecule has 5 rings (SSSR count). The quantitative estimate of drug-likeness (QED) is 0.414. The Balaban J connectivity index is 1.33. The lowest BCUT2D eigenvalue weighted by atomic mass is 9.86. The minimum atomic E-state index is -0.364. The molecule has 3 aromatic rings. The summed E-state index contributed by atoms with van der Waals surface area (Å²) in [6.07, 6.45) is 7.37. The van der Waals surface area contributed by atoms with Crippen LogP contribution >= 0.6 is 0 Å². The molecule has 0 unspecified atom stereocenters. The molecule has 1 amide bonds. The number of amides is 1. The van der Waals surface area contributed by atoms with Crippen LogP contribution in [0.25, 0.3) is 16.6 Å². The van der Waals surface area contributed by atoms with Crippen LogP contribution in [-0.4, -0.2) is 89.2 Å². The molecule has 1 atom stereocenters. The molecule has 5 heterocycles. The van der Waals surface area contributed by atoms with Crippen LogP contribution in [0, 0.1) is 11.3 Å². The van der Waals surface area contributed by atoms with Crippen LogP contribution in [0.15, 0.2) is 36.8 Å². The van der Waals surface area contributed by atoms with Crippen molar-refractivity contribution in [2.24, 2.45) is 0 Å². The van der Waals surface area contributed by atoms with Gasteiger partial charge in [-0.05, 0) is 71.7 Å². The molecule has 11 nitrogen and oxygen atoms in total. The lowest BCUT2D eigenvalue weighted by Gasteiger charge is -2.45. The van der Waals surface area contributed by atoms with E-state index in [4.69, 9.17) is 14.5 Å². The van der Waals surface area contributed by atoms with E-state index in [0.717, 1.165) is 81.0 Å². The minimum Gasteiger partial charge on any atom is -0.492 e. The summed E-state index contributed by atoms with van der Waals surface area (Å²) >= 11 is 0. The number of anilines is 1. The lowest BCUT2D eigenvalue weighted by Crippen LogP contribution is -2.61. The number of hydrogen-bond acceptors (Lipinski definition) is 9. The molecule has 0 aliphatic carbocycles. The molecule has 0 spiro atoms. The molecule has 224 valence electrons. The molecule has 2 N–H and O–H groups in total. The zero-order valence-corrected chi connectivity index (χ0v) is 25.1. The molecule has 11 heteroatoms. The number of fused-ring (bicyclic) bond motifs is 1.